The number of nitrogens with zero attached hydrogens (tertiary/aromatic N) is 2. The Hall–Kier alpha value is -1.98. The van der Waals surface area contributed by atoms with Crippen LogP contribution in [0.5, 0.6) is 0 Å². The molecule has 1 aliphatic carbocycles. The second kappa shape index (κ2) is 8.22. The van der Waals surface area contributed by atoms with Crippen LogP contribution in [0.2, 0.25) is 0 Å². The first-order chi connectivity index (χ1) is 11.1. The maximum atomic E-state index is 12.1. The van der Waals surface area contributed by atoms with Crippen LogP contribution in [-0.2, 0) is 4.79 Å². The predicted molar refractivity (Wildman–Crippen MR) is 98.0 cm³/mol. The van der Waals surface area contributed by atoms with Gasteiger partial charge in [-0.05, 0) is 56.0 Å². The highest BCUT2D eigenvalue weighted by Gasteiger charge is 2.25. The molecule has 1 fully saturated rings. The molecule has 2 atom stereocenters. The van der Waals surface area contributed by atoms with Crippen LogP contribution >= 0.6 is 12.4 Å². The molecule has 1 aromatic carbocycles. The van der Waals surface area contributed by atoms with E-state index in [2.05, 4.69) is 15.3 Å². The van der Waals surface area contributed by atoms with E-state index in [9.17, 15) is 4.79 Å². The van der Waals surface area contributed by atoms with Crippen LogP contribution < -0.4 is 11.1 Å². The van der Waals surface area contributed by atoms with Crippen molar-refractivity contribution in [1.82, 2.24) is 9.97 Å². The van der Waals surface area contributed by atoms with Gasteiger partial charge in [-0.15, -0.1) is 12.4 Å². The maximum absolute atomic E-state index is 12.1. The molecule has 0 spiro atoms. The van der Waals surface area contributed by atoms with Crippen molar-refractivity contribution in [2.24, 2.45) is 11.7 Å². The highest BCUT2D eigenvalue weighted by Crippen LogP contribution is 2.27. The minimum absolute atomic E-state index is 0. The number of hydrogen-bond donors (Lipinski definition) is 2. The number of benzene rings is 1. The lowest BCUT2D eigenvalue weighted by Gasteiger charge is -2.14. The number of aromatic nitrogens is 2. The Labute approximate surface area is 148 Å². The summed E-state index contributed by atoms with van der Waals surface area (Å²) in [6.07, 6.45) is 5.47. The van der Waals surface area contributed by atoms with Gasteiger partial charge < -0.3 is 11.1 Å². The lowest BCUT2D eigenvalue weighted by atomic mass is 10.00. The minimum Gasteiger partial charge on any atom is -0.327 e. The van der Waals surface area contributed by atoms with Gasteiger partial charge in [-0.2, -0.15) is 0 Å². The van der Waals surface area contributed by atoms with E-state index in [1.54, 1.807) is 6.20 Å². The fourth-order valence-corrected chi connectivity index (χ4v) is 3.06. The summed E-state index contributed by atoms with van der Waals surface area (Å²) in [5.41, 5.74) is 8.68. The zero-order valence-corrected chi connectivity index (χ0v) is 14.6. The SMILES string of the molecule is Cc1ccnc(-c2ccc(NC(=O)C[C@@H]3CCC[C@H]3N)cc2)n1.Cl. The molecule has 3 rings (SSSR count). The molecule has 1 amide bonds. The molecule has 24 heavy (non-hydrogen) atoms. The van der Waals surface area contributed by atoms with Crippen LogP contribution in [0, 0.1) is 12.8 Å². The van der Waals surface area contributed by atoms with Crippen LogP contribution in [0.4, 0.5) is 5.69 Å². The molecule has 0 unspecified atom stereocenters. The second-order valence-corrected chi connectivity index (χ2v) is 6.21. The maximum Gasteiger partial charge on any atom is 0.224 e. The van der Waals surface area contributed by atoms with Crippen molar-refractivity contribution < 1.29 is 4.79 Å². The van der Waals surface area contributed by atoms with E-state index in [1.807, 2.05) is 37.3 Å². The van der Waals surface area contributed by atoms with Crippen molar-refractivity contribution in [3.63, 3.8) is 0 Å². The number of carbonyl (C=O) groups excluding carboxylic acids is 1. The van der Waals surface area contributed by atoms with E-state index in [0.29, 0.717) is 18.2 Å². The number of anilines is 1. The van der Waals surface area contributed by atoms with Crippen LogP contribution in [0.3, 0.4) is 0 Å². The first kappa shape index (κ1) is 18.4. The monoisotopic (exact) mass is 346 g/mol. The topological polar surface area (TPSA) is 80.9 Å². The number of halogens is 1. The number of carbonyl (C=O) groups is 1. The zero-order chi connectivity index (χ0) is 16.2. The van der Waals surface area contributed by atoms with Crippen molar-refractivity contribution in [2.75, 3.05) is 5.32 Å². The molecule has 0 bridgehead atoms. The highest BCUT2D eigenvalue weighted by atomic mass is 35.5. The molecule has 0 radical (unpaired) electrons. The summed E-state index contributed by atoms with van der Waals surface area (Å²) in [6, 6.07) is 9.64. The summed E-state index contributed by atoms with van der Waals surface area (Å²) in [7, 11) is 0. The molecule has 1 heterocycles. The Morgan fingerprint density at radius 2 is 2.00 bits per heavy atom. The molecule has 1 aromatic heterocycles. The van der Waals surface area contributed by atoms with Crippen molar-refractivity contribution in [3.05, 3.63) is 42.2 Å². The molecule has 2 aromatic rings. The van der Waals surface area contributed by atoms with Gasteiger partial charge >= 0.3 is 0 Å². The Balaban J connectivity index is 0.00000208. The molecular formula is C18H23ClN4O. The first-order valence-corrected chi connectivity index (χ1v) is 8.07. The van der Waals surface area contributed by atoms with E-state index in [-0.39, 0.29) is 24.4 Å². The van der Waals surface area contributed by atoms with Gasteiger partial charge in [0.15, 0.2) is 5.82 Å². The van der Waals surface area contributed by atoms with E-state index in [1.165, 1.54) is 0 Å². The largest absolute Gasteiger partial charge is 0.327 e. The van der Waals surface area contributed by atoms with Gasteiger partial charge in [-0.25, -0.2) is 9.97 Å². The molecule has 5 nitrogen and oxygen atoms in total. The second-order valence-electron chi connectivity index (χ2n) is 6.21. The normalized spacial score (nSPS) is 19.6. The van der Waals surface area contributed by atoms with Gasteiger partial charge in [-0.3, -0.25) is 4.79 Å². The van der Waals surface area contributed by atoms with Crippen LogP contribution in [0.1, 0.15) is 31.4 Å². The quantitative estimate of drug-likeness (QED) is 0.889. The van der Waals surface area contributed by atoms with Gasteiger partial charge in [0.25, 0.3) is 0 Å². The van der Waals surface area contributed by atoms with E-state index >= 15 is 0 Å². The standard InChI is InChI=1S/C18H22N4O.ClH/c1-12-9-10-20-18(21-12)13-5-7-15(8-6-13)22-17(23)11-14-3-2-4-16(14)19;/h5-10,14,16H,2-4,11,19H2,1H3,(H,22,23);1H/t14-,16+;/m0./s1. The van der Waals surface area contributed by atoms with Gasteiger partial charge in [-0.1, -0.05) is 6.42 Å². The summed E-state index contributed by atoms with van der Waals surface area (Å²) in [6.45, 7) is 1.94. The summed E-state index contributed by atoms with van der Waals surface area (Å²) in [5.74, 6) is 1.04. The summed E-state index contributed by atoms with van der Waals surface area (Å²) >= 11 is 0. The van der Waals surface area contributed by atoms with Crippen molar-refractivity contribution in [1.29, 1.82) is 0 Å². The van der Waals surface area contributed by atoms with E-state index in [4.69, 9.17) is 5.73 Å². The first-order valence-electron chi connectivity index (χ1n) is 8.07. The number of nitrogens with one attached hydrogen (secondary N) is 1. The minimum atomic E-state index is 0. The summed E-state index contributed by atoms with van der Waals surface area (Å²) in [5, 5.41) is 2.94. The van der Waals surface area contributed by atoms with E-state index < -0.39 is 0 Å². The molecule has 1 aliphatic rings. The molecule has 128 valence electrons. The van der Waals surface area contributed by atoms with Crippen molar-refractivity contribution >= 4 is 24.0 Å². The average Bonchev–Trinajstić information content (AvgIpc) is 2.93. The Kier molecular flexibility index (Phi) is 6.29. The fraction of sp³-hybridized carbons (Fsp3) is 0.389. The Morgan fingerprint density at radius 3 is 2.62 bits per heavy atom. The lowest BCUT2D eigenvalue weighted by Crippen LogP contribution is -2.28. The van der Waals surface area contributed by atoms with Gasteiger partial charge in [0.1, 0.15) is 0 Å². The van der Waals surface area contributed by atoms with Gasteiger partial charge in [0.2, 0.25) is 5.91 Å². The fourth-order valence-electron chi connectivity index (χ4n) is 3.06. The molecule has 1 saturated carbocycles. The molecule has 6 heteroatoms. The zero-order valence-electron chi connectivity index (χ0n) is 13.7. The molecular weight excluding hydrogens is 324 g/mol. The van der Waals surface area contributed by atoms with Crippen LogP contribution in [-0.4, -0.2) is 21.9 Å². The number of nitrogens with two attached hydrogens (primary N) is 1. The number of amides is 1. The van der Waals surface area contributed by atoms with Crippen molar-refractivity contribution in [3.8, 4) is 11.4 Å². The molecule has 0 saturated heterocycles. The van der Waals surface area contributed by atoms with E-state index in [0.717, 1.165) is 36.2 Å². The predicted octanol–water partition coefficient (Wildman–Crippen LogP) is 3.33. The Morgan fingerprint density at radius 1 is 1.25 bits per heavy atom. The molecule has 0 aliphatic heterocycles. The number of rotatable bonds is 4. The lowest BCUT2D eigenvalue weighted by molar-refractivity contribution is -0.117. The highest BCUT2D eigenvalue weighted by molar-refractivity contribution is 5.91. The van der Waals surface area contributed by atoms with Gasteiger partial charge in [0.05, 0.1) is 0 Å². The third-order valence-corrected chi connectivity index (χ3v) is 4.39. The smallest absolute Gasteiger partial charge is 0.224 e. The number of hydrogen-bond acceptors (Lipinski definition) is 4. The van der Waals surface area contributed by atoms with Crippen LogP contribution in [0.15, 0.2) is 36.5 Å². The third-order valence-electron chi connectivity index (χ3n) is 4.39. The Bertz CT molecular complexity index is 690. The van der Waals surface area contributed by atoms with Crippen molar-refractivity contribution in [2.45, 2.75) is 38.6 Å². The third kappa shape index (κ3) is 4.52. The molecule has 3 N–H and O–H groups in total. The summed E-state index contributed by atoms with van der Waals surface area (Å²) < 4.78 is 0. The summed E-state index contributed by atoms with van der Waals surface area (Å²) in [4.78, 5) is 20.8. The van der Waals surface area contributed by atoms with Crippen LogP contribution in [0.25, 0.3) is 11.4 Å². The number of aryl methyl sites for hydroxylation is 1. The van der Waals surface area contributed by atoms with Gasteiger partial charge in [0, 0.05) is 35.6 Å². The average molecular weight is 347 g/mol.